The van der Waals surface area contributed by atoms with Crippen molar-refractivity contribution in [3.05, 3.63) is 54.1 Å². The number of hydrogen-bond donors (Lipinski definition) is 0. The number of hydrogen-bond acceptors (Lipinski definition) is 3. The topological polar surface area (TPSA) is 21.7 Å². The lowest BCUT2D eigenvalue weighted by Gasteiger charge is -2.22. The maximum atomic E-state index is 5.47. The summed E-state index contributed by atoms with van der Waals surface area (Å²) in [5.74, 6) is 4.31. The zero-order valence-electron chi connectivity index (χ0n) is 11.1. The number of nitrogens with zero attached hydrogens (tertiary/aromatic N) is 1. The third-order valence-corrected chi connectivity index (χ3v) is 3.21. The summed E-state index contributed by atoms with van der Waals surface area (Å²) >= 11 is 0. The van der Waals surface area contributed by atoms with E-state index < -0.39 is 0 Å². The highest BCUT2D eigenvalue weighted by atomic mass is 16.7. The quantitative estimate of drug-likeness (QED) is 0.793. The van der Waals surface area contributed by atoms with E-state index >= 15 is 0 Å². The normalized spacial score (nSPS) is 11.9. The number of para-hydroxylation sites is 1. The molecule has 0 saturated heterocycles. The summed E-state index contributed by atoms with van der Waals surface area (Å²) in [6.45, 7) is 1.61. The fourth-order valence-corrected chi connectivity index (χ4v) is 2.25. The fraction of sp³-hybridized carbons (Fsp3) is 0.176. The van der Waals surface area contributed by atoms with Gasteiger partial charge in [0.1, 0.15) is 0 Å². The Balaban J connectivity index is 1.82. The van der Waals surface area contributed by atoms with Gasteiger partial charge in [0.2, 0.25) is 6.79 Å². The Morgan fingerprint density at radius 3 is 2.65 bits per heavy atom. The summed E-state index contributed by atoms with van der Waals surface area (Å²) in [5.41, 5.74) is 2.26. The van der Waals surface area contributed by atoms with Crippen LogP contribution in [0.4, 0.5) is 5.69 Å². The number of rotatable bonds is 4. The van der Waals surface area contributed by atoms with Crippen molar-refractivity contribution in [2.75, 3.05) is 18.2 Å². The lowest BCUT2D eigenvalue weighted by Crippen LogP contribution is -2.22. The number of anilines is 1. The Kier molecular flexibility index (Phi) is 3.47. The average Bonchev–Trinajstić information content (AvgIpc) is 2.95. The molecule has 0 spiro atoms. The minimum atomic E-state index is 0.297. The molecule has 0 fully saturated rings. The van der Waals surface area contributed by atoms with Gasteiger partial charge in [-0.15, -0.1) is 6.42 Å². The van der Waals surface area contributed by atoms with Crippen LogP contribution in [0.25, 0.3) is 0 Å². The van der Waals surface area contributed by atoms with Crippen molar-refractivity contribution in [3.63, 3.8) is 0 Å². The van der Waals surface area contributed by atoms with E-state index in [1.54, 1.807) is 0 Å². The van der Waals surface area contributed by atoms with Gasteiger partial charge in [-0.1, -0.05) is 30.2 Å². The molecular formula is C17H15NO2. The molecule has 3 nitrogen and oxygen atoms in total. The molecule has 3 heteroatoms. The van der Waals surface area contributed by atoms with E-state index in [2.05, 4.69) is 23.0 Å². The molecule has 1 heterocycles. The van der Waals surface area contributed by atoms with Crippen LogP contribution in [-0.4, -0.2) is 13.3 Å². The largest absolute Gasteiger partial charge is 0.454 e. The predicted molar refractivity (Wildman–Crippen MR) is 78.9 cm³/mol. The van der Waals surface area contributed by atoms with Crippen LogP contribution >= 0.6 is 0 Å². The van der Waals surface area contributed by atoms with Gasteiger partial charge in [0.15, 0.2) is 11.5 Å². The first-order chi connectivity index (χ1) is 9.86. The molecule has 0 N–H and O–H groups in total. The van der Waals surface area contributed by atoms with Crippen molar-refractivity contribution in [1.29, 1.82) is 0 Å². The monoisotopic (exact) mass is 265 g/mol. The average molecular weight is 265 g/mol. The van der Waals surface area contributed by atoms with Crippen molar-refractivity contribution in [3.8, 4) is 23.8 Å². The molecule has 0 atom stereocenters. The standard InChI is InChI=1S/C17H15NO2/c1-2-10-18(15-6-4-3-5-7-15)12-14-8-9-16-17(11-14)20-13-19-16/h1,3-9,11H,10,12-13H2. The molecule has 3 rings (SSSR count). The predicted octanol–water partition coefficient (Wildman–Crippen LogP) is 3.06. The number of ether oxygens (including phenoxy) is 2. The lowest BCUT2D eigenvalue weighted by atomic mass is 10.1. The van der Waals surface area contributed by atoms with Crippen LogP contribution in [0.3, 0.4) is 0 Å². The van der Waals surface area contributed by atoms with Gasteiger partial charge in [0.25, 0.3) is 0 Å². The highest BCUT2D eigenvalue weighted by molar-refractivity contribution is 5.50. The summed E-state index contributed by atoms with van der Waals surface area (Å²) < 4.78 is 10.7. The van der Waals surface area contributed by atoms with Crippen LogP contribution in [0.5, 0.6) is 11.5 Å². The maximum absolute atomic E-state index is 5.47. The van der Waals surface area contributed by atoms with Gasteiger partial charge in [0.05, 0.1) is 6.54 Å². The van der Waals surface area contributed by atoms with E-state index in [4.69, 9.17) is 15.9 Å². The highest BCUT2D eigenvalue weighted by Crippen LogP contribution is 2.33. The Bertz CT molecular complexity index is 631. The molecule has 0 unspecified atom stereocenters. The third kappa shape index (κ3) is 2.55. The molecule has 0 amide bonds. The molecule has 0 aromatic heterocycles. The van der Waals surface area contributed by atoms with E-state index in [0.29, 0.717) is 13.3 Å². The van der Waals surface area contributed by atoms with Crippen LogP contribution in [0.1, 0.15) is 5.56 Å². The SMILES string of the molecule is C#CCN(Cc1ccc2c(c1)OCO2)c1ccccc1. The van der Waals surface area contributed by atoms with Gasteiger partial charge in [0, 0.05) is 12.2 Å². The molecule has 1 aliphatic heterocycles. The zero-order chi connectivity index (χ0) is 13.8. The second-order valence-corrected chi connectivity index (χ2v) is 4.58. The molecule has 20 heavy (non-hydrogen) atoms. The second-order valence-electron chi connectivity index (χ2n) is 4.58. The third-order valence-electron chi connectivity index (χ3n) is 3.21. The lowest BCUT2D eigenvalue weighted by molar-refractivity contribution is 0.174. The van der Waals surface area contributed by atoms with E-state index in [1.807, 2.05) is 36.4 Å². The van der Waals surface area contributed by atoms with Crippen molar-refractivity contribution < 1.29 is 9.47 Å². The summed E-state index contributed by atoms with van der Waals surface area (Å²) in [5, 5.41) is 0. The van der Waals surface area contributed by atoms with E-state index in [0.717, 1.165) is 29.3 Å². The minimum absolute atomic E-state index is 0.297. The molecule has 2 aromatic carbocycles. The molecule has 0 saturated carbocycles. The van der Waals surface area contributed by atoms with Gasteiger partial charge >= 0.3 is 0 Å². The van der Waals surface area contributed by atoms with Crippen molar-refractivity contribution in [1.82, 2.24) is 0 Å². The molecule has 0 bridgehead atoms. The first kappa shape index (κ1) is 12.4. The van der Waals surface area contributed by atoms with Crippen LogP contribution in [-0.2, 0) is 6.54 Å². The van der Waals surface area contributed by atoms with E-state index in [9.17, 15) is 0 Å². The number of benzene rings is 2. The van der Waals surface area contributed by atoms with E-state index in [-0.39, 0.29) is 0 Å². The molecule has 0 aliphatic carbocycles. The van der Waals surface area contributed by atoms with E-state index in [1.165, 1.54) is 0 Å². The summed E-state index contributed by atoms with van der Waals surface area (Å²) in [6.07, 6.45) is 5.47. The molecule has 2 aromatic rings. The molecular weight excluding hydrogens is 250 g/mol. The smallest absolute Gasteiger partial charge is 0.231 e. The van der Waals surface area contributed by atoms with Gasteiger partial charge in [-0.2, -0.15) is 0 Å². The number of fused-ring (bicyclic) bond motifs is 1. The van der Waals surface area contributed by atoms with Gasteiger partial charge < -0.3 is 14.4 Å². The Hall–Kier alpha value is -2.60. The Morgan fingerprint density at radius 2 is 1.85 bits per heavy atom. The van der Waals surface area contributed by atoms with Gasteiger partial charge in [-0.05, 0) is 29.8 Å². The Morgan fingerprint density at radius 1 is 1.05 bits per heavy atom. The Labute approximate surface area is 118 Å². The van der Waals surface area contributed by atoms with Gasteiger partial charge in [-0.3, -0.25) is 0 Å². The highest BCUT2D eigenvalue weighted by Gasteiger charge is 2.14. The van der Waals surface area contributed by atoms with Crippen LogP contribution in [0, 0.1) is 12.3 Å². The summed E-state index contributed by atoms with van der Waals surface area (Å²) in [6, 6.07) is 16.1. The van der Waals surface area contributed by atoms with Crippen molar-refractivity contribution in [2.45, 2.75) is 6.54 Å². The molecule has 1 aliphatic rings. The fourth-order valence-electron chi connectivity index (χ4n) is 2.25. The van der Waals surface area contributed by atoms with Crippen LogP contribution < -0.4 is 14.4 Å². The van der Waals surface area contributed by atoms with Crippen LogP contribution in [0.2, 0.25) is 0 Å². The molecule has 0 radical (unpaired) electrons. The van der Waals surface area contributed by atoms with Crippen LogP contribution in [0.15, 0.2) is 48.5 Å². The van der Waals surface area contributed by atoms with Crippen molar-refractivity contribution >= 4 is 5.69 Å². The second kappa shape index (κ2) is 5.58. The summed E-state index contributed by atoms with van der Waals surface area (Å²) in [4.78, 5) is 2.15. The van der Waals surface area contributed by atoms with Crippen molar-refractivity contribution in [2.24, 2.45) is 0 Å². The first-order valence-electron chi connectivity index (χ1n) is 6.49. The number of terminal acetylenes is 1. The zero-order valence-corrected chi connectivity index (χ0v) is 11.1. The first-order valence-corrected chi connectivity index (χ1v) is 6.49. The summed E-state index contributed by atoms with van der Waals surface area (Å²) in [7, 11) is 0. The minimum Gasteiger partial charge on any atom is -0.454 e. The maximum Gasteiger partial charge on any atom is 0.231 e. The molecule has 100 valence electrons. The van der Waals surface area contributed by atoms with Gasteiger partial charge in [-0.25, -0.2) is 0 Å².